The number of hydrogen-bond donors (Lipinski definition) is 4. The van der Waals surface area contributed by atoms with Crippen molar-refractivity contribution in [3.8, 4) is 11.8 Å². The molecule has 1 saturated heterocycles. The first-order valence-corrected chi connectivity index (χ1v) is 23.7. The molecule has 2 unspecified atom stereocenters. The van der Waals surface area contributed by atoms with Crippen LogP contribution in [0.1, 0.15) is 84.3 Å². The zero-order valence-electron chi connectivity index (χ0n) is 35.4. The third kappa shape index (κ3) is 9.73. The molecule has 4 aliphatic rings. The number of nitriles is 1. The highest BCUT2D eigenvalue weighted by molar-refractivity contribution is 7.52. The Morgan fingerprint density at radius 3 is 2.29 bits per heavy atom. The van der Waals surface area contributed by atoms with Gasteiger partial charge in [0.1, 0.15) is 49.3 Å². The largest absolute Gasteiger partial charge is 0.471 e. The van der Waals surface area contributed by atoms with E-state index in [9.17, 15) is 34.0 Å². The van der Waals surface area contributed by atoms with Gasteiger partial charge in [0, 0.05) is 5.39 Å². The molecule has 2 aliphatic carbocycles. The Hall–Kier alpha value is -4.67. The summed E-state index contributed by atoms with van der Waals surface area (Å²) in [6, 6.07) is 16.1. The second-order valence-electron chi connectivity index (χ2n) is 17.0. The lowest BCUT2D eigenvalue weighted by molar-refractivity contribution is -0.173. The maximum atomic E-state index is 15.1. The SMILES string of the molecule is CC(C)C(=O)O[C@H]1[C@@H](OC(=O)C(C)C)[C@](C#N)(c2ccc3n2N=CN(COP(=O)(O)O)C3N)O[C@@H]1COP(=O)(N[C@@H](C)C(=O)OC1CC2(CCC2)C1)Oc1cccc2ccccc12. The number of phosphoric acid groups is 1. The molecule has 0 radical (unpaired) electrons. The molecule has 2 saturated carbocycles. The highest BCUT2D eigenvalue weighted by atomic mass is 31.2. The van der Waals surface area contributed by atoms with Crippen LogP contribution in [0.3, 0.4) is 0 Å². The second-order valence-corrected chi connectivity index (χ2v) is 19.9. The van der Waals surface area contributed by atoms with Gasteiger partial charge in [-0.3, -0.25) is 23.4 Å². The third-order valence-corrected chi connectivity index (χ3v) is 13.8. The fourth-order valence-electron chi connectivity index (χ4n) is 8.09. The molecular weight excluding hydrogens is 862 g/mol. The monoisotopic (exact) mass is 914 g/mol. The molecule has 2 aromatic carbocycles. The number of nitrogens with two attached hydrogens (primary N) is 1. The van der Waals surface area contributed by atoms with Gasteiger partial charge in [0.15, 0.2) is 12.2 Å². The van der Waals surface area contributed by atoms with Gasteiger partial charge in [-0.25, -0.2) is 13.8 Å². The molecule has 1 spiro atoms. The molecule has 7 atom stereocenters. The minimum absolute atomic E-state index is 0.0405. The molecule has 5 N–H and O–H groups in total. The summed E-state index contributed by atoms with van der Waals surface area (Å²) in [5, 5.41) is 19.5. The van der Waals surface area contributed by atoms with Crippen LogP contribution in [0.15, 0.2) is 59.7 Å². The molecule has 3 aromatic rings. The van der Waals surface area contributed by atoms with Crippen molar-refractivity contribution in [1.29, 1.82) is 5.26 Å². The summed E-state index contributed by atoms with van der Waals surface area (Å²) in [6.45, 7) is 6.37. The van der Waals surface area contributed by atoms with E-state index in [1.165, 1.54) is 28.6 Å². The van der Waals surface area contributed by atoms with Gasteiger partial charge < -0.3 is 43.9 Å². The zero-order chi connectivity index (χ0) is 45.5. The molecule has 0 amide bonds. The summed E-state index contributed by atoms with van der Waals surface area (Å²) in [6.07, 6.45) is -0.175. The van der Waals surface area contributed by atoms with E-state index in [1.54, 1.807) is 52.0 Å². The van der Waals surface area contributed by atoms with Gasteiger partial charge in [0.2, 0.25) is 5.60 Å². The van der Waals surface area contributed by atoms with E-state index >= 15 is 4.57 Å². The zero-order valence-corrected chi connectivity index (χ0v) is 37.2. The van der Waals surface area contributed by atoms with Crippen LogP contribution in [-0.4, -0.2) is 87.4 Å². The summed E-state index contributed by atoms with van der Waals surface area (Å²) >= 11 is 0. The standard InChI is InChI=1S/C41H52N6O14P2/c1-24(2)37(48)58-34-32(60-41(21-42,35(34)59-38(49)25(3)4)33-15-14-30-36(43)46(22-44-47(30)33)23-56-63(52,53)54)20-55-62(51,61-31-13-8-11-27-10-6-7-12-29(27)31)45-26(5)39(50)57-28-18-40(19-28)16-9-17-40/h6-8,10-15,22,24-26,28,32,34-36H,9,16-20,23,43H2,1-5H3,(H,45,51)(H2,52,53,54)/t26-,32+,34+,35+,36?,41-,62?/m0/s1. The minimum Gasteiger partial charge on any atom is -0.461 e. The number of hydrogen-bond acceptors (Lipinski definition) is 16. The minimum atomic E-state index is -4.89. The Morgan fingerprint density at radius 1 is 0.952 bits per heavy atom. The lowest BCUT2D eigenvalue weighted by Gasteiger charge is -2.53. The van der Waals surface area contributed by atoms with E-state index in [2.05, 4.69) is 20.8 Å². The molecule has 22 heteroatoms. The van der Waals surface area contributed by atoms with Crippen molar-refractivity contribution in [3.63, 3.8) is 0 Å². The van der Waals surface area contributed by atoms with Crippen molar-refractivity contribution in [1.82, 2.24) is 14.7 Å². The Kier molecular flexibility index (Phi) is 13.3. The Balaban J connectivity index is 1.23. The Morgan fingerprint density at radius 2 is 1.63 bits per heavy atom. The van der Waals surface area contributed by atoms with Crippen molar-refractivity contribution in [2.24, 2.45) is 28.1 Å². The number of rotatable bonds is 17. The fourth-order valence-corrected chi connectivity index (χ4v) is 9.90. The normalized spacial score (nSPS) is 25.4. The van der Waals surface area contributed by atoms with Crippen LogP contribution >= 0.6 is 15.6 Å². The first-order valence-electron chi connectivity index (χ1n) is 20.6. The Labute approximate surface area is 363 Å². The fraction of sp³-hybridized carbons (Fsp3) is 0.537. The summed E-state index contributed by atoms with van der Waals surface area (Å²) in [5.74, 6) is -3.50. The first kappa shape index (κ1) is 46.3. The molecule has 340 valence electrons. The second kappa shape index (κ2) is 18.1. The van der Waals surface area contributed by atoms with Gasteiger partial charge >= 0.3 is 33.5 Å². The van der Waals surface area contributed by atoms with Gasteiger partial charge in [0.25, 0.3) is 0 Å². The van der Waals surface area contributed by atoms with Gasteiger partial charge in [-0.1, -0.05) is 70.5 Å². The van der Waals surface area contributed by atoms with E-state index in [0.717, 1.165) is 43.8 Å². The van der Waals surface area contributed by atoms with E-state index in [-0.39, 0.29) is 28.7 Å². The number of ether oxygens (including phenoxy) is 4. The number of aromatic nitrogens is 1. The van der Waals surface area contributed by atoms with Crippen molar-refractivity contribution in [2.45, 2.75) is 109 Å². The molecule has 20 nitrogen and oxygen atoms in total. The molecule has 0 bridgehead atoms. The average Bonchev–Trinajstić information content (AvgIpc) is 3.77. The maximum absolute atomic E-state index is 15.1. The highest BCUT2D eigenvalue weighted by Gasteiger charge is 2.63. The number of fused-ring (bicyclic) bond motifs is 2. The Bertz CT molecular complexity index is 2380. The van der Waals surface area contributed by atoms with Crippen LogP contribution in [-0.2, 0) is 57.1 Å². The summed E-state index contributed by atoms with van der Waals surface area (Å²) in [5.41, 5.74) is 4.52. The number of carbonyl (C=O) groups excluding carboxylic acids is 3. The number of nitrogens with one attached hydrogen (secondary N) is 1. The van der Waals surface area contributed by atoms with E-state index in [4.69, 9.17) is 33.7 Å². The lowest BCUT2D eigenvalue weighted by Crippen LogP contribution is -2.49. The number of nitrogens with zero attached hydrogens (tertiary/aromatic N) is 4. The molecule has 3 fully saturated rings. The number of phosphoric ester groups is 1. The van der Waals surface area contributed by atoms with Crippen molar-refractivity contribution < 1.29 is 65.8 Å². The van der Waals surface area contributed by atoms with Crippen molar-refractivity contribution >= 4 is 50.6 Å². The van der Waals surface area contributed by atoms with Crippen LogP contribution in [0.25, 0.3) is 10.8 Å². The third-order valence-electron chi connectivity index (χ3n) is 11.7. The van der Waals surface area contributed by atoms with Crippen molar-refractivity contribution in [3.05, 3.63) is 66.0 Å². The number of esters is 3. The average molecular weight is 915 g/mol. The first-order chi connectivity index (χ1) is 29.8. The number of carbonyl (C=O) groups is 3. The van der Waals surface area contributed by atoms with Crippen LogP contribution < -0.4 is 15.3 Å². The molecule has 1 aromatic heterocycles. The van der Waals surface area contributed by atoms with Gasteiger partial charge in [-0.15, -0.1) is 0 Å². The summed E-state index contributed by atoms with van der Waals surface area (Å²) < 4.78 is 68.9. The van der Waals surface area contributed by atoms with E-state index in [1.807, 2.05) is 18.2 Å². The summed E-state index contributed by atoms with van der Waals surface area (Å²) in [7, 11) is -9.54. The predicted molar refractivity (Wildman–Crippen MR) is 223 cm³/mol. The molecule has 63 heavy (non-hydrogen) atoms. The topological polar surface area (TPSA) is 273 Å². The number of benzene rings is 2. The lowest BCUT2D eigenvalue weighted by atomic mass is 9.55. The van der Waals surface area contributed by atoms with Crippen LogP contribution in [0.5, 0.6) is 5.75 Å². The molecule has 7 rings (SSSR count). The van der Waals surface area contributed by atoms with Gasteiger partial charge in [0.05, 0.1) is 29.8 Å². The molecular formula is C41H52N6O14P2. The van der Waals surface area contributed by atoms with Crippen molar-refractivity contribution in [2.75, 3.05) is 13.3 Å². The smallest absolute Gasteiger partial charge is 0.461 e. The summed E-state index contributed by atoms with van der Waals surface area (Å²) in [4.78, 5) is 60.0. The van der Waals surface area contributed by atoms with Gasteiger partial charge in [-0.05, 0) is 61.6 Å². The van der Waals surface area contributed by atoms with E-state index in [0.29, 0.717) is 5.39 Å². The predicted octanol–water partition coefficient (Wildman–Crippen LogP) is 5.08. The van der Waals surface area contributed by atoms with Gasteiger partial charge in [-0.2, -0.15) is 15.5 Å². The maximum Gasteiger partial charge on any atom is 0.471 e. The van der Waals surface area contributed by atoms with Crippen LogP contribution in [0, 0.1) is 28.6 Å². The van der Waals surface area contributed by atoms with Crippen LogP contribution in [0.2, 0.25) is 0 Å². The quantitative estimate of drug-likeness (QED) is 0.0780. The molecule has 2 aliphatic heterocycles. The van der Waals surface area contributed by atoms with Crippen LogP contribution in [0.4, 0.5) is 0 Å². The molecule has 3 heterocycles. The van der Waals surface area contributed by atoms with E-state index < -0.39 is 94.8 Å². The highest BCUT2D eigenvalue weighted by Crippen LogP contribution is 2.57.